The first-order valence-electron chi connectivity index (χ1n) is 10.1. The Balaban J connectivity index is 0.00000341. The van der Waals surface area contributed by atoms with E-state index < -0.39 is 0 Å². The van der Waals surface area contributed by atoms with Crippen molar-refractivity contribution in [3.63, 3.8) is 0 Å². The number of methoxy groups -OCH3 is 2. The van der Waals surface area contributed by atoms with E-state index in [4.69, 9.17) is 19.9 Å². The van der Waals surface area contributed by atoms with Crippen LogP contribution in [0.3, 0.4) is 0 Å². The first-order valence-corrected chi connectivity index (χ1v) is 10.1. The van der Waals surface area contributed by atoms with Crippen LogP contribution in [0.25, 0.3) is 0 Å². The summed E-state index contributed by atoms with van der Waals surface area (Å²) in [6, 6.07) is 12.5. The van der Waals surface area contributed by atoms with Crippen molar-refractivity contribution < 1.29 is 18.6 Å². The Morgan fingerprint density at radius 2 is 1.77 bits per heavy atom. The fourth-order valence-corrected chi connectivity index (χ4v) is 3.77. The van der Waals surface area contributed by atoms with E-state index in [1.807, 2.05) is 30.3 Å². The molecule has 0 aromatic heterocycles. The lowest BCUT2D eigenvalue weighted by atomic mass is 9.74. The number of hydrogen-bond acceptors (Lipinski definition) is 4. The van der Waals surface area contributed by atoms with Crippen LogP contribution in [0.5, 0.6) is 11.5 Å². The van der Waals surface area contributed by atoms with Gasteiger partial charge in [0.15, 0.2) is 17.5 Å². The van der Waals surface area contributed by atoms with Crippen LogP contribution in [0, 0.1) is 5.82 Å². The second kappa shape index (κ2) is 12.1. The van der Waals surface area contributed by atoms with E-state index in [9.17, 15) is 4.39 Å². The third-order valence-electron chi connectivity index (χ3n) is 5.63. The van der Waals surface area contributed by atoms with Crippen molar-refractivity contribution >= 4 is 29.9 Å². The molecule has 0 atom stereocenters. The minimum absolute atomic E-state index is 0. The van der Waals surface area contributed by atoms with Gasteiger partial charge in [-0.15, -0.1) is 24.0 Å². The second-order valence-electron chi connectivity index (χ2n) is 7.47. The zero-order chi connectivity index (χ0) is 21.4. The van der Waals surface area contributed by atoms with Gasteiger partial charge in [-0.05, 0) is 54.7 Å². The molecule has 0 saturated carbocycles. The highest BCUT2D eigenvalue weighted by molar-refractivity contribution is 14.0. The van der Waals surface area contributed by atoms with Gasteiger partial charge in [-0.2, -0.15) is 0 Å². The van der Waals surface area contributed by atoms with E-state index in [0.717, 1.165) is 30.4 Å². The van der Waals surface area contributed by atoms with Gasteiger partial charge >= 0.3 is 0 Å². The fourth-order valence-electron chi connectivity index (χ4n) is 3.77. The Kier molecular flexibility index (Phi) is 9.83. The topological polar surface area (TPSA) is 78.1 Å². The lowest BCUT2D eigenvalue weighted by Gasteiger charge is -2.36. The maximum atomic E-state index is 13.4. The van der Waals surface area contributed by atoms with E-state index in [1.54, 1.807) is 14.2 Å². The molecule has 31 heavy (non-hydrogen) atoms. The fraction of sp³-hybridized carbons (Fsp3) is 0.435. The Morgan fingerprint density at radius 3 is 2.42 bits per heavy atom. The number of rotatable bonds is 8. The van der Waals surface area contributed by atoms with E-state index in [-0.39, 0.29) is 35.2 Å². The van der Waals surface area contributed by atoms with Gasteiger partial charge in [-0.1, -0.05) is 18.2 Å². The van der Waals surface area contributed by atoms with Crippen LogP contribution < -0.4 is 20.5 Å². The molecule has 170 valence electrons. The minimum Gasteiger partial charge on any atom is -0.493 e. The summed E-state index contributed by atoms with van der Waals surface area (Å²) in [6.45, 7) is 2.52. The summed E-state index contributed by atoms with van der Waals surface area (Å²) < 4.78 is 29.5. The smallest absolute Gasteiger partial charge is 0.188 e. The molecule has 0 aliphatic carbocycles. The summed E-state index contributed by atoms with van der Waals surface area (Å²) in [6.07, 6.45) is 2.44. The van der Waals surface area contributed by atoms with Gasteiger partial charge in [0.25, 0.3) is 0 Å². The molecule has 1 aliphatic heterocycles. The molecule has 2 aromatic rings. The molecule has 0 radical (unpaired) electrons. The molecule has 8 heteroatoms. The number of aliphatic imine (C=N–C) groups is 1. The Labute approximate surface area is 200 Å². The third-order valence-corrected chi connectivity index (χ3v) is 5.63. The number of nitrogens with zero attached hydrogens (tertiary/aromatic N) is 1. The number of guanidine groups is 1. The zero-order valence-electron chi connectivity index (χ0n) is 18.0. The predicted octanol–water partition coefficient (Wildman–Crippen LogP) is 3.66. The van der Waals surface area contributed by atoms with Crippen molar-refractivity contribution in [1.29, 1.82) is 0 Å². The van der Waals surface area contributed by atoms with Crippen molar-refractivity contribution in [2.45, 2.75) is 24.7 Å². The predicted molar refractivity (Wildman–Crippen MR) is 131 cm³/mol. The highest BCUT2D eigenvalue weighted by Crippen LogP contribution is 2.35. The molecule has 3 rings (SSSR count). The van der Waals surface area contributed by atoms with E-state index in [2.05, 4.69) is 10.3 Å². The van der Waals surface area contributed by atoms with Gasteiger partial charge in [-0.3, -0.25) is 4.99 Å². The van der Waals surface area contributed by atoms with Crippen molar-refractivity contribution in [3.8, 4) is 11.5 Å². The number of halogens is 2. The normalized spacial score (nSPS) is 15.6. The number of nitrogens with one attached hydrogen (secondary N) is 1. The van der Waals surface area contributed by atoms with Gasteiger partial charge in [0.2, 0.25) is 0 Å². The minimum atomic E-state index is -0.235. The number of hydrogen-bond donors (Lipinski definition) is 2. The summed E-state index contributed by atoms with van der Waals surface area (Å²) in [7, 11) is 3.24. The van der Waals surface area contributed by atoms with Crippen molar-refractivity contribution in [2.75, 3.05) is 40.5 Å². The molecule has 3 N–H and O–H groups in total. The molecule has 1 aliphatic rings. The lowest BCUT2D eigenvalue weighted by Crippen LogP contribution is -2.39. The molecular formula is C23H31FIN3O3. The zero-order valence-corrected chi connectivity index (χ0v) is 20.4. The summed E-state index contributed by atoms with van der Waals surface area (Å²) >= 11 is 0. The van der Waals surface area contributed by atoms with Gasteiger partial charge in [-0.25, -0.2) is 4.39 Å². The molecule has 0 bridgehead atoms. The molecule has 1 fully saturated rings. The summed E-state index contributed by atoms with van der Waals surface area (Å²) in [5.74, 6) is 1.58. The molecule has 1 heterocycles. The van der Waals surface area contributed by atoms with Crippen molar-refractivity contribution in [1.82, 2.24) is 5.32 Å². The van der Waals surface area contributed by atoms with Crippen LogP contribution >= 0.6 is 24.0 Å². The Hall–Kier alpha value is -2.07. The highest BCUT2D eigenvalue weighted by Gasteiger charge is 2.34. The maximum Gasteiger partial charge on any atom is 0.188 e. The quantitative estimate of drug-likeness (QED) is 0.302. The molecule has 0 spiro atoms. The molecule has 0 unspecified atom stereocenters. The summed E-state index contributed by atoms with van der Waals surface area (Å²) in [5, 5.41) is 3.18. The van der Waals surface area contributed by atoms with Crippen molar-refractivity contribution in [3.05, 3.63) is 59.4 Å². The molecule has 6 nitrogen and oxygen atoms in total. The van der Waals surface area contributed by atoms with Crippen LogP contribution in [0.1, 0.15) is 24.0 Å². The second-order valence-corrected chi connectivity index (χ2v) is 7.47. The van der Waals surface area contributed by atoms with Crippen LogP contribution in [0.15, 0.2) is 47.5 Å². The highest BCUT2D eigenvalue weighted by atomic mass is 127. The van der Waals surface area contributed by atoms with Gasteiger partial charge in [0.05, 0.1) is 20.8 Å². The average molecular weight is 543 g/mol. The Morgan fingerprint density at radius 1 is 1.10 bits per heavy atom. The van der Waals surface area contributed by atoms with Gasteiger partial charge in [0.1, 0.15) is 5.82 Å². The first-order chi connectivity index (χ1) is 14.6. The third kappa shape index (κ3) is 6.70. The molecule has 0 amide bonds. The van der Waals surface area contributed by atoms with Crippen LogP contribution in [0.2, 0.25) is 0 Å². The number of ether oxygens (including phenoxy) is 3. The number of benzene rings is 2. The van der Waals surface area contributed by atoms with Crippen molar-refractivity contribution in [2.24, 2.45) is 10.7 Å². The lowest BCUT2D eigenvalue weighted by molar-refractivity contribution is 0.0531. The van der Waals surface area contributed by atoms with E-state index in [1.165, 1.54) is 12.1 Å². The standard InChI is InChI=1S/C23H30FN3O3.HI/c1-28-20-8-3-17(15-21(20)29-2)9-12-26-22(25)27-16-23(10-13-30-14-11-23)18-4-6-19(24)7-5-18;/h3-8,15H,9-14,16H2,1-2H3,(H3,25,26,27);1H. The Bertz CT molecular complexity index is 856. The van der Waals surface area contributed by atoms with Gasteiger partial charge in [0, 0.05) is 25.2 Å². The maximum absolute atomic E-state index is 13.4. The monoisotopic (exact) mass is 543 g/mol. The summed E-state index contributed by atoms with van der Waals surface area (Å²) in [4.78, 5) is 4.60. The first kappa shape index (κ1) is 25.2. The molecule has 1 saturated heterocycles. The number of nitrogens with two attached hydrogens (primary N) is 1. The van der Waals surface area contributed by atoms with E-state index >= 15 is 0 Å². The van der Waals surface area contributed by atoms with E-state index in [0.29, 0.717) is 43.8 Å². The van der Waals surface area contributed by atoms with Crippen LogP contribution in [-0.4, -0.2) is 46.5 Å². The largest absolute Gasteiger partial charge is 0.493 e. The van der Waals surface area contributed by atoms with Crippen LogP contribution in [0.4, 0.5) is 4.39 Å². The van der Waals surface area contributed by atoms with Crippen LogP contribution in [-0.2, 0) is 16.6 Å². The average Bonchev–Trinajstić information content (AvgIpc) is 2.78. The SMILES string of the molecule is COc1ccc(CCNC(N)=NCC2(c3ccc(F)cc3)CCOCC2)cc1OC.I. The summed E-state index contributed by atoms with van der Waals surface area (Å²) in [5.41, 5.74) is 8.13. The van der Waals surface area contributed by atoms with Gasteiger partial charge < -0.3 is 25.3 Å². The molecule has 2 aromatic carbocycles. The molecular weight excluding hydrogens is 512 g/mol.